The fraction of sp³-hybridized carbons (Fsp3) is 0.250. The summed E-state index contributed by atoms with van der Waals surface area (Å²) in [4.78, 5) is 29.5. The van der Waals surface area contributed by atoms with Gasteiger partial charge in [0.05, 0.1) is 23.8 Å². The van der Waals surface area contributed by atoms with E-state index in [0.717, 1.165) is 5.69 Å². The first-order chi connectivity index (χ1) is 8.99. The van der Waals surface area contributed by atoms with E-state index in [1.807, 2.05) is 6.92 Å². The highest BCUT2D eigenvalue weighted by Gasteiger charge is 2.05. The van der Waals surface area contributed by atoms with Gasteiger partial charge in [0.1, 0.15) is 5.75 Å². The van der Waals surface area contributed by atoms with Crippen molar-refractivity contribution < 1.29 is 4.74 Å². The Hall–Kier alpha value is -1.89. The predicted octanol–water partition coefficient (Wildman–Crippen LogP) is 1.06. The van der Waals surface area contributed by atoms with Crippen molar-refractivity contribution >= 4 is 15.9 Å². The molecule has 2 aromatic rings. The molecular formula is C12H12BrN3O3. The number of aromatic nitrogens is 3. The Kier molecular flexibility index (Phi) is 3.84. The Morgan fingerprint density at radius 1 is 1.42 bits per heavy atom. The third-order valence-electron chi connectivity index (χ3n) is 2.52. The monoisotopic (exact) mass is 325 g/mol. The van der Waals surface area contributed by atoms with E-state index in [9.17, 15) is 9.59 Å². The molecule has 0 saturated carbocycles. The van der Waals surface area contributed by atoms with Crippen molar-refractivity contribution in [2.24, 2.45) is 0 Å². The lowest BCUT2D eigenvalue weighted by molar-refractivity contribution is 0.412. The van der Waals surface area contributed by atoms with E-state index < -0.39 is 11.2 Å². The number of nitrogens with one attached hydrogen (secondary N) is 1. The maximum Gasteiger partial charge on any atom is 0.328 e. The van der Waals surface area contributed by atoms with Gasteiger partial charge >= 0.3 is 5.69 Å². The van der Waals surface area contributed by atoms with Gasteiger partial charge < -0.3 is 4.74 Å². The SMILES string of the molecule is COc1cc(C)nc(Cn2cc(Br)c(=O)[nH]c2=O)c1. The third kappa shape index (κ3) is 3.11. The molecule has 0 aliphatic heterocycles. The lowest BCUT2D eigenvalue weighted by Gasteiger charge is -2.08. The maximum absolute atomic E-state index is 11.7. The molecule has 0 amide bonds. The minimum absolute atomic E-state index is 0.256. The molecule has 1 N–H and O–H groups in total. The van der Waals surface area contributed by atoms with Gasteiger partial charge in [-0.25, -0.2) is 4.79 Å². The van der Waals surface area contributed by atoms with Crippen LogP contribution < -0.4 is 16.0 Å². The molecule has 0 aromatic carbocycles. The number of pyridine rings is 1. The first-order valence-electron chi connectivity index (χ1n) is 5.50. The lowest BCUT2D eigenvalue weighted by Crippen LogP contribution is -2.30. The van der Waals surface area contributed by atoms with Crippen molar-refractivity contribution in [3.05, 3.63) is 55.0 Å². The topological polar surface area (TPSA) is 77.0 Å². The zero-order valence-electron chi connectivity index (χ0n) is 10.4. The van der Waals surface area contributed by atoms with Gasteiger partial charge in [-0.1, -0.05) is 0 Å². The molecule has 0 aliphatic carbocycles. The number of methoxy groups -OCH3 is 1. The minimum Gasteiger partial charge on any atom is -0.497 e. The molecule has 100 valence electrons. The summed E-state index contributed by atoms with van der Waals surface area (Å²) >= 11 is 3.09. The van der Waals surface area contributed by atoms with Gasteiger partial charge in [0.2, 0.25) is 0 Å². The van der Waals surface area contributed by atoms with Crippen LogP contribution in [-0.4, -0.2) is 21.6 Å². The zero-order valence-corrected chi connectivity index (χ0v) is 12.0. The number of hydrogen-bond acceptors (Lipinski definition) is 4. The normalized spacial score (nSPS) is 10.5. The Bertz CT molecular complexity index is 721. The molecule has 2 heterocycles. The van der Waals surface area contributed by atoms with E-state index in [4.69, 9.17) is 4.74 Å². The number of aromatic amines is 1. The van der Waals surface area contributed by atoms with E-state index in [2.05, 4.69) is 25.9 Å². The Labute approximate surface area is 117 Å². The van der Waals surface area contributed by atoms with Crippen molar-refractivity contribution in [3.8, 4) is 5.75 Å². The average Bonchev–Trinajstić information content (AvgIpc) is 2.35. The van der Waals surface area contributed by atoms with Crippen molar-refractivity contribution in [1.29, 1.82) is 0 Å². The highest BCUT2D eigenvalue weighted by Crippen LogP contribution is 2.13. The second kappa shape index (κ2) is 5.40. The van der Waals surface area contributed by atoms with Crippen LogP contribution in [0.4, 0.5) is 0 Å². The molecule has 7 heteroatoms. The van der Waals surface area contributed by atoms with Gasteiger partial charge in [0.25, 0.3) is 5.56 Å². The summed E-state index contributed by atoms with van der Waals surface area (Å²) in [6.45, 7) is 2.10. The van der Waals surface area contributed by atoms with Gasteiger partial charge in [-0.3, -0.25) is 19.3 Å². The van der Waals surface area contributed by atoms with Crippen LogP contribution in [0.2, 0.25) is 0 Å². The summed E-state index contributed by atoms with van der Waals surface area (Å²) in [5, 5.41) is 0. The van der Waals surface area contributed by atoms with E-state index in [0.29, 0.717) is 15.9 Å². The van der Waals surface area contributed by atoms with Crippen LogP contribution >= 0.6 is 15.9 Å². The van der Waals surface area contributed by atoms with Crippen LogP contribution in [0, 0.1) is 6.92 Å². The van der Waals surface area contributed by atoms with Crippen molar-refractivity contribution in [1.82, 2.24) is 14.5 Å². The molecule has 0 bridgehead atoms. The number of nitrogens with zero attached hydrogens (tertiary/aromatic N) is 2. The molecule has 0 atom stereocenters. The molecule has 0 spiro atoms. The van der Waals surface area contributed by atoms with E-state index in [1.54, 1.807) is 19.2 Å². The average molecular weight is 326 g/mol. The number of H-pyrrole nitrogens is 1. The molecule has 19 heavy (non-hydrogen) atoms. The Morgan fingerprint density at radius 2 is 2.16 bits per heavy atom. The molecule has 0 saturated heterocycles. The number of rotatable bonds is 3. The largest absolute Gasteiger partial charge is 0.497 e. The molecule has 0 aliphatic rings. The number of halogens is 1. The van der Waals surface area contributed by atoms with Crippen molar-refractivity contribution in [3.63, 3.8) is 0 Å². The van der Waals surface area contributed by atoms with E-state index in [-0.39, 0.29) is 6.54 Å². The number of aryl methyl sites for hydroxylation is 1. The highest BCUT2D eigenvalue weighted by molar-refractivity contribution is 9.10. The molecule has 2 aromatic heterocycles. The summed E-state index contributed by atoms with van der Waals surface area (Å²) in [5.74, 6) is 0.680. The standard InChI is InChI=1S/C12H12BrN3O3/c1-7-3-9(19-2)4-8(14-7)5-16-6-10(13)11(17)15-12(16)18/h3-4,6H,5H2,1-2H3,(H,15,17,18). The van der Waals surface area contributed by atoms with Crippen LogP contribution in [-0.2, 0) is 6.54 Å². The molecule has 0 fully saturated rings. The lowest BCUT2D eigenvalue weighted by atomic mass is 10.3. The molecule has 0 radical (unpaired) electrons. The fourth-order valence-electron chi connectivity index (χ4n) is 1.68. The van der Waals surface area contributed by atoms with Gasteiger partial charge in [-0.2, -0.15) is 0 Å². The highest BCUT2D eigenvalue weighted by atomic mass is 79.9. The van der Waals surface area contributed by atoms with Crippen molar-refractivity contribution in [2.75, 3.05) is 7.11 Å². The summed E-state index contributed by atoms with van der Waals surface area (Å²) in [6, 6.07) is 3.55. The van der Waals surface area contributed by atoms with Crippen LogP contribution in [0.5, 0.6) is 5.75 Å². The number of ether oxygens (including phenoxy) is 1. The number of hydrogen-bond donors (Lipinski definition) is 1. The van der Waals surface area contributed by atoms with Gasteiger partial charge in [-0.15, -0.1) is 0 Å². The zero-order chi connectivity index (χ0) is 14.0. The van der Waals surface area contributed by atoms with Crippen LogP contribution in [0.25, 0.3) is 0 Å². The molecule has 6 nitrogen and oxygen atoms in total. The third-order valence-corrected chi connectivity index (χ3v) is 3.08. The molecule has 2 rings (SSSR count). The minimum atomic E-state index is -0.476. The Balaban J connectivity index is 2.41. The van der Waals surface area contributed by atoms with Crippen LogP contribution in [0.3, 0.4) is 0 Å². The van der Waals surface area contributed by atoms with E-state index in [1.165, 1.54) is 10.8 Å². The summed E-state index contributed by atoms with van der Waals surface area (Å²) in [6.07, 6.45) is 1.44. The van der Waals surface area contributed by atoms with Gasteiger partial charge in [0, 0.05) is 24.0 Å². The first kappa shape index (κ1) is 13.5. The van der Waals surface area contributed by atoms with Gasteiger partial charge in [-0.05, 0) is 22.9 Å². The summed E-state index contributed by atoms with van der Waals surface area (Å²) < 4.78 is 6.82. The van der Waals surface area contributed by atoms with Crippen LogP contribution in [0.1, 0.15) is 11.4 Å². The molecule has 0 unspecified atom stereocenters. The van der Waals surface area contributed by atoms with Crippen LogP contribution in [0.15, 0.2) is 32.4 Å². The second-order valence-corrected chi connectivity index (χ2v) is 4.86. The smallest absolute Gasteiger partial charge is 0.328 e. The predicted molar refractivity (Wildman–Crippen MR) is 73.7 cm³/mol. The second-order valence-electron chi connectivity index (χ2n) is 4.00. The van der Waals surface area contributed by atoms with Crippen molar-refractivity contribution in [2.45, 2.75) is 13.5 Å². The molecular weight excluding hydrogens is 314 g/mol. The maximum atomic E-state index is 11.7. The fourth-order valence-corrected chi connectivity index (χ4v) is 2.02. The summed E-state index contributed by atoms with van der Waals surface area (Å²) in [5.41, 5.74) is 0.551. The quantitative estimate of drug-likeness (QED) is 0.915. The van der Waals surface area contributed by atoms with E-state index >= 15 is 0 Å². The van der Waals surface area contributed by atoms with Gasteiger partial charge in [0.15, 0.2) is 0 Å². The summed E-state index contributed by atoms with van der Waals surface area (Å²) in [7, 11) is 1.57. The first-order valence-corrected chi connectivity index (χ1v) is 6.29. The Morgan fingerprint density at radius 3 is 2.84 bits per heavy atom.